The summed E-state index contributed by atoms with van der Waals surface area (Å²) in [4.78, 5) is 13.3. The second kappa shape index (κ2) is 7.32. The molecule has 0 saturated carbocycles. The fraction of sp³-hybridized carbons (Fsp3) is 0.583. The Morgan fingerprint density at radius 2 is 2.10 bits per heavy atom. The Bertz CT molecular complexity index is 579. The molecule has 1 aliphatic rings. The highest BCUT2D eigenvalue weighted by atomic mass is 32.2. The molecule has 0 spiro atoms. The first-order valence-electron chi connectivity index (χ1n) is 6.70. The van der Waals surface area contributed by atoms with Gasteiger partial charge < -0.3 is 10.4 Å². The van der Waals surface area contributed by atoms with Crippen LogP contribution in [0.25, 0.3) is 0 Å². The lowest BCUT2D eigenvalue weighted by atomic mass is 10.3. The summed E-state index contributed by atoms with van der Waals surface area (Å²) < 4.78 is 26.9. The Morgan fingerprint density at radius 3 is 2.76 bits per heavy atom. The van der Waals surface area contributed by atoms with Crippen molar-refractivity contribution in [1.82, 2.24) is 14.9 Å². The highest BCUT2D eigenvalue weighted by Crippen LogP contribution is 2.21. The summed E-state index contributed by atoms with van der Waals surface area (Å²) in [6.45, 7) is 4.72. The Balaban J connectivity index is 1.85. The van der Waals surface area contributed by atoms with E-state index in [1.165, 1.54) is 6.07 Å². The number of thiophene rings is 1. The SMILES string of the molecule is O=C(O)Cc1ccc(S(=O)(=O)NCCN2CCNCC2)s1. The van der Waals surface area contributed by atoms with Gasteiger partial charge in [0.15, 0.2) is 0 Å². The van der Waals surface area contributed by atoms with Crippen LogP contribution >= 0.6 is 11.3 Å². The fourth-order valence-electron chi connectivity index (χ4n) is 2.09. The van der Waals surface area contributed by atoms with Gasteiger partial charge in [0.05, 0.1) is 6.42 Å². The lowest BCUT2D eigenvalue weighted by Crippen LogP contribution is -2.46. The van der Waals surface area contributed by atoms with E-state index in [1.807, 2.05) is 0 Å². The Kier molecular flexibility index (Phi) is 5.71. The Labute approximate surface area is 128 Å². The Morgan fingerprint density at radius 1 is 1.38 bits per heavy atom. The zero-order valence-electron chi connectivity index (χ0n) is 11.5. The maximum atomic E-state index is 12.1. The smallest absolute Gasteiger partial charge is 0.308 e. The second-order valence-electron chi connectivity index (χ2n) is 4.78. The molecule has 118 valence electrons. The predicted molar refractivity (Wildman–Crippen MR) is 80.2 cm³/mol. The van der Waals surface area contributed by atoms with Gasteiger partial charge in [-0.05, 0) is 12.1 Å². The molecule has 0 atom stereocenters. The number of nitrogens with zero attached hydrogens (tertiary/aromatic N) is 1. The van der Waals surface area contributed by atoms with Crippen LogP contribution in [-0.2, 0) is 21.2 Å². The molecule has 2 rings (SSSR count). The van der Waals surface area contributed by atoms with Crippen molar-refractivity contribution in [3.05, 3.63) is 17.0 Å². The van der Waals surface area contributed by atoms with Crippen molar-refractivity contribution in [3.63, 3.8) is 0 Å². The van der Waals surface area contributed by atoms with Crippen molar-refractivity contribution in [1.29, 1.82) is 0 Å². The Hall–Kier alpha value is -1.00. The van der Waals surface area contributed by atoms with Gasteiger partial charge in [-0.3, -0.25) is 9.69 Å². The van der Waals surface area contributed by atoms with E-state index < -0.39 is 16.0 Å². The number of carboxylic acid groups (broad SMARTS) is 1. The van der Waals surface area contributed by atoms with Crippen LogP contribution in [0.5, 0.6) is 0 Å². The highest BCUT2D eigenvalue weighted by molar-refractivity contribution is 7.91. The van der Waals surface area contributed by atoms with Gasteiger partial charge in [0, 0.05) is 44.1 Å². The normalized spacial score (nSPS) is 17.0. The van der Waals surface area contributed by atoms with Crippen molar-refractivity contribution in [2.75, 3.05) is 39.3 Å². The van der Waals surface area contributed by atoms with Crippen LogP contribution in [0.3, 0.4) is 0 Å². The lowest BCUT2D eigenvalue weighted by Gasteiger charge is -2.26. The number of rotatable bonds is 7. The number of sulfonamides is 1. The predicted octanol–water partition coefficient (Wildman–Crippen LogP) is -0.441. The number of hydrogen-bond acceptors (Lipinski definition) is 6. The molecule has 0 aromatic carbocycles. The molecule has 0 bridgehead atoms. The van der Waals surface area contributed by atoms with E-state index in [2.05, 4.69) is 14.9 Å². The lowest BCUT2D eigenvalue weighted by molar-refractivity contribution is -0.136. The van der Waals surface area contributed by atoms with Crippen LogP contribution < -0.4 is 10.0 Å². The third-order valence-electron chi connectivity index (χ3n) is 3.16. The number of aliphatic carboxylic acids is 1. The van der Waals surface area contributed by atoms with Gasteiger partial charge >= 0.3 is 5.97 Å². The minimum Gasteiger partial charge on any atom is -0.481 e. The van der Waals surface area contributed by atoms with Crippen molar-refractivity contribution >= 4 is 27.3 Å². The van der Waals surface area contributed by atoms with E-state index in [1.54, 1.807) is 6.07 Å². The molecule has 9 heteroatoms. The molecule has 7 nitrogen and oxygen atoms in total. The van der Waals surface area contributed by atoms with E-state index in [0.717, 1.165) is 37.5 Å². The van der Waals surface area contributed by atoms with Crippen molar-refractivity contribution in [2.45, 2.75) is 10.6 Å². The van der Waals surface area contributed by atoms with Gasteiger partial charge in [0.2, 0.25) is 10.0 Å². The standard InChI is InChI=1S/C12H19N3O4S2/c16-11(17)9-10-1-2-12(20-10)21(18,19)14-5-8-15-6-3-13-4-7-15/h1-2,13-14H,3-9H2,(H,16,17). The minimum atomic E-state index is -3.54. The molecule has 2 heterocycles. The third-order valence-corrected chi connectivity index (χ3v) is 6.20. The first kappa shape index (κ1) is 16.4. The summed E-state index contributed by atoms with van der Waals surface area (Å²) in [5, 5.41) is 11.9. The number of piperazine rings is 1. The number of hydrogen-bond donors (Lipinski definition) is 3. The van der Waals surface area contributed by atoms with Crippen molar-refractivity contribution in [3.8, 4) is 0 Å². The molecular weight excluding hydrogens is 314 g/mol. The minimum absolute atomic E-state index is 0.152. The molecule has 1 saturated heterocycles. The number of carboxylic acids is 1. The molecule has 1 fully saturated rings. The van der Waals surface area contributed by atoms with Gasteiger partial charge in [0.1, 0.15) is 4.21 Å². The van der Waals surface area contributed by atoms with E-state index >= 15 is 0 Å². The van der Waals surface area contributed by atoms with Gasteiger partial charge in [0.25, 0.3) is 0 Å². The van der Waals surface area contributed by atoms with Crippen LogP contribution in [0, 0.1) is 0 Å². The zero-order chi connectivity index (χ0) is 15.3. The highest BCUT2D eigenvalue weighted by Gasteiger charge is 2.18. The monoisotopic (exact) mass is 333 g/mol. The molecule has 1 aromatic heterocycles. The maximum Gasteiger partial charge on any atom is 0.308 e. The van der Waals surface area contributed by atoms with Crippen LogP contribution in [-0.4, -0.2) is 63.7 Å². The first-order valence-corrected chi connectivity index (χ1v) is 9.00. The summed E-state index contributed by atoms with van der Waals surface area (Å²) in [6, 6.07) is 3.00. The van der Waals surface area contributed by atoms with Gasteiger partial charge in [-0.25, -0.2) is 13.1 Å². The van der Waals surface area contributed by atoms with Crippen LogP contribution in [0.1, 0.15) is 4.88 Å². The average molecular weight is 333 g/mol. The quantitative estimate of drug-likeness (QED) is 0.626. The average Bonchev–Trinajstić information content (AvgIpc) is 2.88. The summed E-state index contributed by atoms with van der Waals surface area (Å²) in [5.41, 5.74) is 0. The van der Waals surface area contributed by atoms with Gasteiger partial charge in [-0.15, -0.1) is 11.3 Å². The molecule has 0 radical (unpaired) electrons. The third kappa shape index (κ3) is 5.04. The summed E-state index contributed by atoms with van der Waals surface area (Å²) >= 11 is 0.999. The molecule has 21 heavy (non-hydrogen) atoms. The number of nitrogens with one attached hydrogen (secondary N) is 2. The largest absolute Gasteiger partial charge is 0.481 e. The maximum absolute atomic E-state index is 12.1. The van der Waals surface area contributed by atoms with E-state index in [9.17, 15) is 13.2 Å². The molecular formula is C12H19N3O4S2. The zero-order valence-corrected chi connectivity index (χ0v) is 13.2. The van der Waals surface area contributed by atoms with E-state index in [4.69, 9.17) is 5.11 Å². The first-order chi connectivity index (χ1) is 9.97. The van der Waals surface area contributed by atoms with E-state index in [0.29, 0.717) is 18.0 Å². The van der Waals surface area contributed by atoms with Crippen LogP contribution in [0.4, 0.5) is 0 Å². The summed E-state index contributed by atoms with van der Waals surface area (Å²) in [7, 11) is -3.54. The molecule has 0 unspecified atom stereocenters. The molecule has 1 aliphatic heterocycles. The van der Waals surface area contributed by atoms with Crippen molar-refractivity contribution < 1.29 is 18.3 Å². The molecule has 0 amide bonds. The number of carbonyl (C=O) groups is 1. The summed E-state index contributed by atoms with van der Waals surface area (Å²) in [5.74, 6) is -0.965. The van der Waals surface area contributed by atoms with E-state index in [-0.39, 0.29) is 10.6 Å². The topological polar surface area (TPSA) is 98.7 Å². The van der Waals surface area contributed by atoms with Crippen LogP contribution in [0.2, 0.25) is 0 Å². The van der Waals surface area contributed by atoms with Gasteiger partial charge in [-0.1, -0.05) is 0 Å². The van der Waals surface area contributed by atoms with Gasteiger partial charge in [-0.2, -0.15) is 0 Å². The van der Waals surface area contributed by atoms with Crippen LogP contribution in [0.15, 0.2) is 16.3 Å². The fourth-order valence-corrected chi connectivity index (χ4v) is 4.50. The molecule has 0 aliphatic carbocycles. The summed E-state index contributed by atoms with van der Waals surface area (Å²) in [6.07, 6.45) is -0.152. The second-order valence-corrected chi connectivity index (χ2v) is 7.94. The molecule has 1 aromatic rings. The molecule has 3 N–H and O–H groups in total. The van der Waals surface area contributed by atoms with Crippen molar-refractivity contribution in [2.24, 2.45) is 0 Å².